The highest BCUT2D eigenvalue weighted by Gasteiger charge is 2.59. The second-order valence-corrected chi connectivity index (χ2v) is 7.45. The molecule has 0 saturated heterocycles. The number of anilines is 1. The van der Waals surface area contributed by atoms with Crippen molar-refractivity contribution in [2.45, 2.75) is 45.8 Å². The van der Waals surface area contributed by atoms with E-state index in [1.165, 1.54) is 6.42 Å². The summed E-state index contributed by atoms with van der Waals surface area (Å²) in [5, 5.41) is 16.6. The Hall–Kier alpha value is -2.48. The van der Waals surface area contributed by atoms with Gasteiger partial charge in [0.1, 0.15) is 6.07 Å². The SMILES string of the molecule is CC1=NN(c2ccccc2)C2OC(N)=C(C#N)C3(CCCCC3C)C12. The van der Waals surface area contributed by atoms with Crippen molar-refractivity contribution in [1.29, 1.82) is 5.26 Å². The van der Waals surface area contributed by atoms with Crippen LogP contribution in [0.25, 0.3) is 0 Å². The van der Waals surface area contributed by atoms with Crippen molar-refractivity contribution in [3.63, 3.8) is 0 Å². The fourth-order valence-electron chi connectivity index (χ4n) is 5.11. The zero-order chi connectivity index (χ0) is 17.6. The lowest BCUT2D eigenvalue weighted by Crippen LogP contribution is -2.54. The highest BCUT2D eigenvalue weighted by atomic mass is 16.5. The first-order valence-corrected chi connectivity index (χ1v) is 9.06. The minimum Gasteiger partial charge on any atom is -0.452 e. The molecule has 1 aromatic rings. The van der Waals surface area contributed by atoms with E-state index in [9.17, 15) is 5.26 Å². The first kappa shape index (κ1) is 16.0. The van der Waals surface area contributed by atoms with E-state index in [1.54, 1.807) is 0 Å². The average molecular weight is 336 g/mol. The van der Waals surface area contributed by atoms with Crippen LogP contribution in [-0.4, -0.2) is 11.9 Å². The molecule has 2 N–H and O–H groups in total. The molecule has 1 aliphatic carbocycles. The van der Waals surface area contributed by atoms with E-state index in [0.717, 1.165) is 30.7 Å². The maximum absolute atomic E-state index is 9.86. The molecule has 1 saturated carbocycles. The predicted molar refractivity (Wildman–Crippen MR) is 97.3 cm³/mol. The molecule has 0 radical (unpaired) electrons. The minimum absolute atomic E-state index is 0.0601. The van der Waals surface area contributed by atoms with Gasteiger partial charge in [-0.3, -0.25) is 0 Å². The average Bonchev–Trinajstić information content (AvgIpc) is 2.95. The van der Waals surface area contributed by atoms with Crippen LogP contribution >= 0.6 is 0 Å². The lowest BCUT2D eigenvalue weighted by molar-refractivity contribution is -0.0226. The Bertz CT molecular complexity index is 779. The molecule has 4 unspecified atom stereocenters. The number of allylic oxidation sites excluding steroid dienone is 1. The van der Waals surface area contributed by atoms with Gasteiger partial charge in [-0.1, -0.05) is 38.0 Å². The van der Waals surface area contributed by atoms with Crippen LogP contribution in [0, 0.1) is 28.6 Å². The Labute approximate surface area is 148 Å². The van der Waals surface area contributed by atoms with Crippen molar-refractivity contribution in [3.8, 4) is 6.07 Å². The third-order valence-electron chi connectivity index (χ3n) is 6.25. The van der Waals surface area contributed by atoms with E-state index in [4.69, 9.17) is 15.6 Å². The van der Waals surface area contributed by atoms with Crippen LogP contribution in [0.15, 0.2) is 46.9 Å². The zero-order valence-electron chi connectivity index (χ0n) is 14.8. The van der Waals surface area contributed by atoms with Gasteiger partial charge >= 0.3 is 0 Å². The molecule has 0 amide bonds. The molecule has 2 heterocycles. The molecule has 5 heteroatoms. The van der Waals surface area contributed by atoms with Crippen LogP contribution in [0.5, 0.6) is 0 Å². The van der Waals surface area contributed by atoms with Gasteiger partial charge < -0.3 is 10.5 Å². The smallest absolute Gasteiger partial charge is 0.202 e. The van der Waals surface area contributed by atoms with Crippen LogP contribution in [0.2, 0.25) is 0 Å². The van der Waals surface area contributed by atoms with Gasteiger partial charge in [0.25, 0.3) is 0 Å². The van der Waals surface area contributed by atoms with Crippen LogP contribution in [0.4, 0.5) is 5.69 Å². The molecule has 2 aliphatic heterocycles. The molecule has 0 aromatic heterocycles. The Morgan fingerprint density at radius 1 is 1.32 bits per heavy atom. The number of hydrazone groups is 1. The molecule has 5 nitrogen and oxygen atoms in total. The van der Waals surface area contributed by atoms with E-state index in [2.05, 4.69) is 19.9 Å². The molecule has 25 heavy (non-hydrogen) atoms. The van der Waals surface area contributed by atoms with Gasteiger partial charge in [0, 0.05) is 11.1 Å². The van der Waals surface area contributed by atoms with Crippen molar-refractivity contribution in [2.75, 3.05) is 5.01 Å². The monoisotopic (exact) mass is 336 g/mol. The summed E-state index contributed by atoms with van der Waals surface area (Å²) in [6.45, 7) is 4.31. The van der Waals surface area contributed by atoms with Gasteiger partial charge in [-0.05, 0) is 37.8 Å². The molecule has 4 rings (SSSR count). The minimum atomic E-state index is -0.278. The summed E-state index contributed by atoms with van der Waals surface area (Å²) in [6.07, 6.45) is 4.13. The van der Waals surface area contributed by atoms with Crippen LogP contribution in [0.3, 0.4) is 0 Å². The zero-order valence-corrected chi connectivity index (χ0v) is 14.8. The van der Waals surface area contributed by atoms with E-state index in [-0.39, 0.29) is 23.4 Å². The Morgan fingerprint density at radius 3 is 2.76 bits per heavy atom. The van der Waals surface area contributed by atoms with E-state index >= 15 is 0 Å². The molecular weight excluding hydrogens is 312 g/mol. The molecule has 1 aromatic carbocycles. The quantitative estimate of drug-likeness (QED) is 0.847. The number of hydrogen-bond acceptors (Lipinski definition) is 5. The summed E-state index contributed by atoms with van der Waals surface area (Å²) in [7, 11) is 0. The number of para-hydroxylation sites is 1. The van der Waals surface area contributed by atoms with Crippen molar-refractivity contribution in [2.24, 2.45) is 28.1 Å². The van der Waals surface area contributed by atoms with Crippen LogP contribution in [0.1, 0.15) is 39.5 Å². The number of nitrogens with zero attached hydrogens (tertiary/aromatic N) is 3. The van der Waals surface area contributed by atoms with Gasteiger partial charge in [0.2, 0.25) is 12.1 Å². The topological polar surface area (TPSA) is 74.6 Å². The van der Waals surface area contributed by atoms with E-state index in [0.29, 0.717) is 11.5 Å². The summed E-state index contributed by atoms with van der Waals surface area (Å²) in [5.74, 6) is 0.722. The third kappa shape index (κ3) is 2.17. The van der Waals surface area contributed by atoms with E-state index in [1.807, 2.05) is 35.3 Å². The predicted octanol–water partition coefficient (Wildman–Crippen LogP) is 3.75. The van der Waals surface area contributed by atoms with Crippen molar-refractivity contribution in [1.82, 2.24) is 0 Å². The fraction of sp³-hybridized carbons (Fsp3) is 0.500. The summed E-state index contributed by atoms with van der Waals surface area (Å²) < 4.78 is 6.07. The molecule has 4 atom stereocenters. The lowest BCUT2D eigenvalue weighted by Gasteiger charge is -2.51. The Balaban J connectivity index is 1.85. The second-order valence-electron chi connectivity index (χ2n) is 7.45. The summed E-state index contributed by atoms with van der Waals surface area (Å²) in [6, 6.07) is 12.4. The van der Waals surface area contributed by atoms with Gasteiger partial charge in [-0.15, -0.1) is 0 Å². The molecule has 1 spiro atoms. The number of hydrogen-bond donors (Lipinski definition) is 1. The number of benzene rings is 1. The maximum atomic E-state index is 9.86. The lowest BCUT2D eigenvalue weighted by atomic mass is 9.55. The standard InChI is InChI=1S/C20H24N4O/c1-13-8-6-7-11-20(13)16(12-21)18(22)25-19-17(20)14(2)23-24(19)15-9-4-3-5-10-15/h3-5,9-10,13,17,19H,6-8,11,22H2,1-2H3. The Kier molecular flexibility index (Phi) is 3.72. The Morgan fingerprint density at radius 2 is 2.08 bits per heavy atom. The van der Waals surface area contributed by atoms with Crippen LogP contribution < -0.4 is 10.7 Å². The summed E-state index contributed by atoms with van der Waals surface area (Å²) in [5.41, 5.74) is 8.64. The second kappa shape index (κ2) is 5.80. The number of nitriles is 1. The van der Waals surface area contributed by atoms with Gasteiger partial charge in [0.05, 0.1) is 17.2 Å². The van der Waals surface area contributed by atoms with Crippen molar-refractivity contribution in [3.05, 3.63) is 41.8 Å². The normalized spacial score (nSPS) is 34.4. The molecular formula is C20H24N4O. The van der Waals surface area contributed by atoms with Gasteiger partial charge in [-0.25, -0.2) is 5.01 Å². The molecule has 130 valence electrons. The van der Waals surface area contributed by atoms with E-state index < -0.39 is 0 Å². The summed E-state index contributed by atoms with van der Waals surface area (Å²) >= 11 is 0. The number of ether oxygens (including phenoxy) is 1. The third-order valence-corrected chi connectivity index (χ3v) is 6.25. The first-order chi connectivity index (χ1) is 12.1. The first-order valence-electron chi connectivity index (χ1n) is 9.06. The number of rotatable bonds is 1. The van der Waals surface area contributed by atoms with Gasteiger partial charge in [-0.2, -0.15) is 10.4 Å². The number of nitrogens with two attached hydrogens (primary N) is 1. The highest BCUT2D eigenvalue weighted by Crippen LogP contribution is 2.58. The molecule has 0 bridgehead atoms. The molecule has 1 fully saturated rings. The highest BCUT2D eigenvalue weighted by molar-refractivity contribution is 5.90. The van der Waals surface area contributed by atoms with Gasteiger partial charge in [0.15, 0.2) is 0 Å². The number of fused-ring (bicyclic) bond motifs is 2. The largest absolute Gasteiger partial charge is 0.452 e. The summed E-state index contributed by atoms with van der Waals surface area (Å²) in [4.78, 5) is 0. The maximum Gasteiger partial charge on any atom is 0.202 e. The van der Waals surface area contributed by atoms with Crippen molar-refractivity contribution < 1.29 is 4.74 Å². The molecule has 3 aliphatic rings. The van der Waals surface area contributed by atoms with Crippen LogP contribution in [-0.2, 0) is 4.74 Å². The van der Waals surface area contributed by atoms with Crippen molar-refractivity contribution >= 4 is 11.4 Å². The fourth-order valence-corrected chi connectivity index (χ4v) is 5.11.